The van der Waals surface area contributed by atoms with Crippen LogP contribution >= 0.6 is 11.3 Å². The number of esters is 2. The average molecular weight is 342 g/mol. The number of piperidine rings is 1. The van der Waals surface area contributed by atoms with E-state index in [2.05, 4.69) is 14.6 Å². The Balaban J connectivity index is 2.02. The summed E-state index contributed by atoms with van der Waals surface area (Å²) in [6, 6.07) is 0. The lowest BCUT2D eigenvalue weighted by Gasteiger charge is -2.31. The van der Waals surface area contributed by atoms with Gasteiger partial charge in [0.15, 0.2) is 0 Å². The van der Waals surface area contributed by atoms with Gasteiger partial charge in [0.2, 0.25) is 0 Å². The first kappa shape index (κ1) is 17.7. The van der Waals surface area contributed by atoms with Gasteiger partial charge in [0.25, 0.3) is 0 Å². The molecule has 0 saturated carbocycles. The summed E-state index contributed by atoms with van der Waals surface area (Å²) in [5.41, 5.74) is 0.602. The number of hydrogen-bond acceptors (Lipinski definition) is 7. The van der Waals surface area contributed by atoms with E-state index >= 15 is 0 Å². The van der Waals surface area contributed by atoms with Crippen LogP contribution in [0.4, 0.5) is 0 Å². The lowest BCUT2D eigenvalue weighted by Crippen LogP contribution is -2.39. The highest BCUT2D eigenvalue weighted by atomic mass is 32.1. The van der Waals surface area contributed by atoms with E-state index in [4.69, 9.17) is 4.74 Å². The Morgan fingerprint density at radius 1 is 1.43 bits per heavy atom. The van der Waals surface area contributed by atoms with Crippen molar-refractivity contribution in [1.29, 1.82) is 0 Å². The zero-order chi connectivity index (χ0) is 16.8. The number of nitrogens with zero attached hydrogens (tertiary/aromatic N) is 1. The minimum atomic E-state index is -0.386. The van der Waals surface area contributed by atoms with Crippen LogP contribution in [-0.2, 0) is 32.0 Å². The van der Waals surface area contributed by atoms with Crippen molar-refractivity contribution in [3.8, 4) is 0 Å². The Hall–Kier alpha value is -1.67. The number of H-pyrrole nitrogens is 1. The highest BCUT2D eigenvalue weighted by Gasteiger charge is 2.27. The number of aromatic amines is 1. The molecule has 0 bridgehead atoms. The van der Waals surface area contributed by atoms with Crippen molar-refractivity contribution >= 4 is 23.3 Å². The number of likely N-dealkylation sites (tertiary alicyclic amines) is 1. The molecular formula is C15H22N2O5S. The van der Waals surface area contributed by atoms with E-state index in [0.717, 1.165) is 35.6 Å². The third kappa shape index (κ3) is 4.90. The number of carbonyl (C=O) groups is 2. The Morgan fingerprint density at radius 2 is 2.22 bits per heavy atom. The van der Waals surface area contributed by atoms with E-state index in [1.807, 2.05) is 0 Å². The maximum absolute atomic E-state index is 11.9. The van der Waals surface area contributed by atoms with Crippen molar-refractivity contribution in [3.05, 3.63) is 20.2 Å². The first-order valence-electron chi connectivity index (χ1n) is 7.70. The van der Waals surface area contributed by atoms with Gasteiger partial charge in [-0.05, 0) is 26.3 Å². The van der Waals surface area contributed by atoms with Gasteiger partial charge in [-0.15, -0.1) is 0 Å². The molecule has 0 spiro atoms. The summed E-state index contributed by atoms with van der Waals surface area (Å²) in [6.07, 6.45) is 1.79. The molecule has 0 amide bonds. The standard InChI is InChI=1S/C15H22N2O5S/c1-3-22-14(19)10-5-4-6-17(8-10)9-12-11(7-13(18)21-2)16-15(20)23-12/h10H,3-9H2,1-2H3,(H,16,20). The number of aromatic nitrogens is 1. The Bertz CT molecular complexity index is 609. The number of rotatable bonds is 6. The van der Waals surface area contributed by atoms with E-state index in [0.29, 0.717) is 25.4 Å². The fourth-order valence-electron chi connectivity index (χ4n) is 2.73. The van der Waals surface area contributed by atoms with Crippen LogP contribution in [0.25, 0.3) is 0 Å². The molecule has 1 fully saturated rings. The van der Waals surface area contributed by atoms with Gasteiger partial charge in [-0.2, -0.15) is 0 Å². The summed E-state index contributed by atoms with van der Waals surface area (Å²) < 4.78 is 9.75. The van der Waals surface area contributed by atoms with Crippen LogP contribution in [0.15, 0.2) is 4.79 Å². The van der Waals surface area contributed by atoms with Gasteiger partial charge in [0.05, 0.1) is 26.1 Å². The Morgan fingerprint density at radius 3 is 2.91 bits per heavy atom. The fourth-order valence-corrected chi connectivity index (χ4v) is 3.63. The second-order valence-electron chi connectivity index (χ2n) is 5.50. The third-order valence-corrected chi connectivity index (χ3v) is 4.76. The quantitative estimate of drug-likeness (QED) is 0.774. The molecule has 7 nitrogen and oxygen atoms in total. The zero-order valence-electron chi connectivity index (χ0n) is 13.4. The molecule has 8 heteroatoms. The van der Waals surface area contributed by atoms with Crippen molar-refractivity contribution < 1.29 is 19.1 Å². The van der Waals surface area contributed by atoms with Gasteiger partial charge in [-0.3, -0.25) is 19.3 Å². The molecular weight excluding hydrogens is 320 g/mol. The molecule has 1 aliphatic rings. The first-order chi connectivity index (χ1) is 11.0. The molecule has 1 aliphatic heterocycles. The zero-order valence-corrected chi connectivity index (χ0v) is 14.2. The number of ether oxygens (including phenoxy) is 2. The highest BCUT2D eigenvalue weighted by molar-refractivity contribution is 7.09. The fraction of sp³-hybridized carbons (Fsp3) is 0.667. The number of thiazole rings is 1. The van der Waals surface area contributed by atoms with Crippen LogP contribution < -0.4 is 4.87 Å². The maximum Gasteiger partial charge on any atom is 0.311 e. The number of hydrogen-bond donors (Lipinski definition) is 1. The van der Waals surface area contributed by atoms with Crippen LogP contribution in [0.2, 0.25) is 0 Å². The van der Waals surface area contributed by atoms with Crippen molar-refractivity contribution in [2.75, 3.05) is 26.8 Å². The Labute approximate surface area is 138 Å². The minimum absolute atomic E-state index is 0.0553. The van der Waals surface area contributed by atoms with E-state index in [1.54, 1.807) is 6.92 Å². The molecule has 1 saturated heterocycles. The number of nitrogens with one attached hydrogen (secondary N) is 1. The summed E-state index contributed by atoms with van der Waals surface area (Å²) >= 11 is 1.10. The SMILES string of the molecule is CCOC(=O)C1CCCN(Cc2sc(=O)[nH]c2CC(=O)OC)C1. The smallest absolute Gasteiger partial charge is 0.311 e. The lowest BCUT2D eigenvalue weighted by molar-refractivity contribution is -0.150. The normalized spacial score (nSPS) is 18.6. The summed E-state index contributed by atoms with van der Waals surface area (Å²) in [4.78, 5) is 40.4. The summed E-state index contributed by atoms with van der Waals surface area (Å²) in [6.45, 7) is 4.21. The number of carbonyl (C=O) groups excluding carboxylic acids is 2. The van der Waals surface area contributed by atoms with Crippen LogP contribution in [0, 0.1) is 5.92 Å². The highest BCUT2D eigenvalue weighted by Crippen LogP contribution is 2.22. The molecule has 1 atom stereocenters. The summed E-state index contributed by atoms with van der Waals surface area (Å²) in [7, 11) is 1.32. The van der Waals surface area contributed by atoms with Gasteiger partial charge in [-0.25, -0.2) is 0 Å². The van der Waals surface area contributed by atoms with Crippen molar-refractivity contribution in [3.63, 3.8) is 0 Å². The maximum atomic E-state index is 11.9. The van der Waals surface area contributed by atoms with Crippen LogP contribution in [0.3, 0.4) is 0 Å². The molecule has 1 aromatic rings. The summed E-state index contributed by atoms with van der Waals surface area (Å²) in [5, 5.41) is 0. The van der Waals surface area contributed by atoms with Gasteiger partial charge in [-0.1, -0.05) is 11.3 Å². The molecule has 0 aromatic carbocycles. The summed E-state index contributed by atoms with van der Waals surface area (Å²) in [5.74, 6) is -0.666. The second-order valence-corrected chi connectivity index (χ2v) is 6.56. The van der Waals surface area contributed by atoms with E-state index in [-0.39, 0.29) is 29.2 Å². The first-order valence-corrected chi connectivity index (χ1v) is 8.51. The molecule has 0 radical (unpaired) electrons. The average Bonchev–Trinajstić information content (AvgIpc) is 2.87. The monoisotopic (exact) mass is 342 g/mol. The van der Waals surface area contributed by atoms with Gasteiger partial charge >= 0.3 is 16.8 Å². The van der Waals surface area contributed by atoms with Crippen molar-refractivity contribution in [2.24, 2.45) is 5.92 Å². The van der Waals surface area contributed by atoms with Gasteiger partial charge in [0, 0.05) is 23.7 Å². The lowest BCUT2D eigenvalue weighted by atomic mass is 9.98. The molecule has 23 heavy (non-hydrogen) atoms. The van der Waals surface area contributed by atoms with Gasteiger partial charge < -0.3 is 14.5 Å². The predicted molar refractivity (Wildman–Crippen MR) is 85.3 cm³/mol. The van der Waals surface area contributed by atoms with Crippen LogP contribution in [0.1, 0.15) is 30.3 Å². The molecule has 2 heterocycles. The molecule has 1 aromatic heterocycles. The largest absolute Gasteiger partial charge is 0.469 e. The molecule has 1 unspecified atom stereocenters. The second kappa shape index (κ2) is 8.26. The third-order valence-electron chi connectivity index (χ3n) is 3.85. The molecule has 1 N–H and O–H groups in total. The predicted octanol–water partition coefficient (Wildman–Crippen LogP) is 0.927. The Kier molecular flexibility index (Phi) is 6.35. The van der Waals surface area contributed by atoms with E-state index < -0.39 is 0 Å². The van der Waals surface area contributed by atoms with E-state index in [1.165, 1.54) is 7.11 Å². The van der Waals surface area contributed by atoms with Crippen molar-refractivity contribution in [1.82, 2.24) is 9.88 Å². The van der Waals surface area contributed by atoms with E-state index in [9.17, 15) is 14.4 Å². The van der Waals surface area contributed by atoms with Crippen LogP contribution in [-0.4, -0.2) is 48.6 Å². The topological polar surface area (TPSA) is 88.7 Å². The number of methoxy groups -OCH3 is 1. The molecule has 128 valence electrons. The van der Waals surface area contributed by atoms with Crippen molar-refractivity contribution in [2.45, 2.75) is 32.7 Å². The molecule has 2 rings (SSSR count). The van der Waals surface area contributed by atoms with Crippen LogP contribution in [0.5, 0.6) is 0 Å². The molecule has 0 aliphatic carbocycles. The minimum Gasteiger partial charge on any atom is -0.469 e. The van der Waals surface area contributed by atoms with Gasteiger partial charge in [0.1, 0.15) is 0 Å².